The second-order valence-corrected chi connectivity index (χ2v) is 9.87. The van der Waals surface area contributed by atoms with Crippen molar-refractivity contribution in [3.05, 3.63) is 59.4 Å². The zero-order valence-electron chi connectivity index (χ0n) is 19.1. The fraction of sp³-hybridized carbons (Fsp3) is 0.480. The van der Waals surface area contributed by atoms with Gasteiger partial charge in [-0.15, -0.1) is 0 Å². The summed E-state index contributed by atoms with van der Waals surface area (Å²) >= 11 is 0. The average molecular weight is 488 g/mol. The molecular weight excluding hydrogens is 459 g/mol. The Labute approximate surface area is 201 Å². The molecule has 2 atom stereocenters. The van der Waals surface area contributed by atoms with Gasteiger partial charge in [-0.1, -0.05) is 30.3 Å². The Morgan fingerprint density at radius 2 is 1.69 bits per heavy atom. The van der Waals surface area contributed by atoms with E-state index < -0.39 is 23.4 Å². The van der Waals surface area contributed by atoms with Gasteiger partial charge in [-0.3, -0.25) is 4.79 Å². The number of hydrogen-bond donors (Lipinski definition) is 4. The molecule has 4 fully saturated rings. The zero-order valence-corrected chi connectivity index (χ0v) is 19.1. The first-order valence-corrected chi connectivity index (χ1v) is 12.1. The Morgan fingerprint density at radius 3 is 2.34 bits per heavy atom. The monoisotopic (exact) mass is 487 g/mol. The van der Waals surface area contributed by atoms with E-state index in [2.05, 4.69) is 21.9 Å². The lowest BCUT2D eigenvalue weighted by molar-refractivity contribution is -0.143. The van der Waals surface area contributed by atoms with E-state index in [-0.39, 0.29) is 30.7 Å². The molecule has 1 saturated carbocycles. The minimum Gasteiger partial charge on any atom is -0.368 e. The minimum atomic E-state index is -2.82. The molecule has 35 heavy (non-hydrogen) atoms. The number of alkyl halides is 2. The number of ether oxygens (including phenoxy) is 1. The SMILES string of the molecule is O=C([C@H]1CCCO1)N1CCC2(CC1)[C@H](c1ccc(-c3cc(C4NNNN4)ccc3F)cc1)C2(F)F. The summed E-state index contributed by atoms with van der Waals surface area (Å²) in [6, 6.07) is 11.6. The number of hydrogen-bond acceptors (Lipinski definition) is 6. The third-order valence-electron chi connectivity index (χ3n) is 8.04. The fourth-order valence-corrected chi connectivity index (χ4v) is 5.98. The molecule has 0 unspecified atom stereocenters. The van der Waals surface area contributed by atoms with Gasteiger partial charge in [0.1, 0.15) is 18.1 Å². The Morgan fingerprint density at radius 1 is 1.00 bits per heavy atom. The van der Waals surface area contributed by atoms with Crippen LogP contribution in [0.3, 0.4) is 0 Å². The van der Waals surface area contributed by atoms with Crippen molar-refractivity contribution in [1.82, 2.24) is 26.8 Å². The molecule has 3 heterocycles. The Bertz CT molecular complexity index is 1110. The normalized spacial score (nSPS) is 27.5. The molecule has 2 aromatic carbocycles. The fourth-order valence-electron chi connectivity index (χ4n) is 5.98. The number of benzene rings is 2. The second kappa shape index (κ2) is 8.56. The van der Waals surface area contributed by atoms with E-state index in [1.807, 2.05) is 0 Å². The van der Waals surface area contributed by atoms with Crippen LogP contribution >= 0.6 is 0 Å². The van der Waals surface area contributed by atoms with Crippen LogP contribution in [0.25, 0.3) is 11.1 Å². The van der Waals surface area contributed by atoms with Gasteiger partial charge in [0.05, 0.1) is 11.3 Å². The third-order valence-corrected chi connectivity index (χ3v) is 8.04. The van der Waals surface area contributed by atoms with Gasteiger partial charge in [-0.05, 0) is 54.5 Å². The van der Waals surface area contributed by atoms with Crippen LogP contribution in [0.15, 0.2) is 42.5 Å². The van der Waals surface area contributed by atoms with E-state index in [4.69, 9.17) is 4.74 Å². The number of carbonyl (C=O) groups excluding carboxylic acids is 1. The molecule has 0 radical (unpaired) electrons. The number of likely N-dealkylation sites (tertiary alicyclic amines) is 1. The quantitative estimate of drug-likeness (QED) is 0.531. The summed E-state index contributed by atoms with van der Waals surface area (Å²) in [7, 11) is 0. The lowest BCUT2D eigenvalue weighted by Crippen LogP contribution is -2.45. The second-order valence-electron chi connectivity index (χ2n) is 9.87. The third kappa shape index (κ3) is 3.75. The van der Waals surface area contributed by atoms with Crippen molar-refractivity contribution in [2.24, 2.45) is 5.41 Å². The molecule has 10 heteroatoms. The van der Waals surface area contributed by atoms with Crippen molar-refractivity contribution in [2.75, 3.05) is 19.7 Å². The van der Waals surface area contributed by atoms with Crippen molar-refractivity contribution >= 4 is 5.91 Å². The van der Waals surface area contributed by atoms with Crippen LogP contribution in [-0.4, -0.2) is 42.5 Å². The summed E-state index contributed by atoms with van der Waals surface area (Å²) in [6.07, 6.45) is 1.45. The number of nitrogens with zero attached hydrogens (tertiary/aromatic N) is 1. The predicted octanol–water partition coefficient (Wildman–Crippen LogP) is 3.13. The van der Waals surface area contributed by atoms with Gasteiger partial charge in [-0.25, -0.2) is 24.0 Å². The molecule has 186 valence electrons. The average Bonchev–Trinajstić information content (AvgIpc) is 3.43. The largest absolute Gasteiger partial charge is 0.368 e. The number of rotatable bonds is 4. The molecule has 0 bridgehead atoms. The summed E-state index contributed by atoms with van der Waals surface area (Å²) in [4.78, 5) is 14.3. The lowest BCUT2D eigenvalue weighted by atomic mass is 9.87. The van der Waals surface area contributed by atoms with Gasteiger partial charge in [0.2, 0.25) is 0 Å². The van der Waals surface area contributed by atoms with Crippen LogP contribution in [0.2, 0.25) is 0 Å². The van der Waals surface area contributed by atoms with E-state index >= 15 is 8.78 Å². The highest BCUT2D eigenvalue weighted by Gasteiger charge is 2.80. The van der Waals surface area contributed by atoms with Crippen molar-refractivity contribution in [3.8, 4) is 11.1 Å². The topological polar surface area (TPSA) is 77.7 Å². The van der Waals surface area contributed by atoms with Crippen LogP contribution in [0, 0.1) is 11.2 Å². The van der Waals surface area contributed by atoms with E-state index in [1.54, 1.807) is 41.3 Å². The van der Waals surface area contributed by atoms with Gasteiger partial charge >= 0.3 is 0 Å². The van der Waals surface area contributed by atoms with Gasteiger partial charge in [0.25, 0.3) is 11.8 Å². The number of amides is 1. The minimum absolute atomic E-state index is 0.0685. The number of carbonyl (C=O) groups is 1. The van der Waals surface area contributed by atoms with Gasteiger partial charge < -0.3 is 9.64 Å². The standard InChI is InChI=1S/C25H28F3N5O2/c26-19-8-7-17(22-29-31-32-30-22)14-18(19)15-3-5-16(6-4-15)21-24(25(21,27)28)9-11-33(12-10-24)23(34)20-2-1-13-35-20/h3-8,14,20-22,29-32H,1-2,9-13H2/t20-,21+/m1/s1. The van der Waals surface area contributed by atoms with E-state index in [0.29, 0.717) is 42.8 Å². The number of halogens is 3. The van der Waals surface area contributed by atoms with Crippen molar-refractivity contribution in [3.63, 3.8) is 0 Å². The molecule has 1 spiro atoms. The highest BCUT2D eigenvalue weighted by atomic mass is 19.3. The molecular formula is C25H28F3N5O2. The summed E-state index contributed by atoms with van der Waals surface area (Å²) in [5.41, 5.74) is 12.7. The van der Waals surface area contributed by atoms with E-state index in [1.165, 1.54) is 6.07 Å². The summed E-state index contributed by atoms with van der Waals surface area (Å²) < 4.78 is 50.4. The maximum atomic E-state index is 15.2. The molecule has 2 aromatic rings. The van der Waals surface area contributed by atoms with Crippen LogP contribution in [0.5, 0.6) is 0 Å². The van der Waals surface area contributed by atoms with E-state index in [0.717, 1.165) is 12.0 Å². The summed E-state index contributed by atoms with van der Waals surface area (Å²) in [5, 5.41) is 0. The van der Waals surface area contributed by atoms with Gasteiger partial charge in [0.15, 0.2) is 0 Å². The first kappa shape index (κ1) is 22.9. The molecule has 1 aliphatic carbocycles. The number of nitrogens with one attached hydrogen (secondary N) is 4. The number of hydrazine groups is 3. The molecule has 7 nitrogen and oxygen atoms in total. The molecule has 3 aliphatic heterocycles. The summed E-state index contributed by atoms with van der Waals surface area (Å²) in [6.45, 7) is 1.24. The zero-order chi connectivity index (χ0) is 24.2. The Hall–Kier alpha value is -2.50. The number of piperidine rings is 1. The van der Waals surface area contributed by atoms with Crippen LogP contribution in [-0.2, 0) is 9.53 Å². The smallest absolute Gasteiger partial charge is 0.262 e. The van der Waals surface area contributed by atoms with Crippen LogP contribution in [0.4, 0.5) is 13.2 Å². The predicted molar refractivity (Wildman–Crippen MR) is 122 cm³/mol. The van der Waals surface area contributed by atoms with Gasteiger partial charge in [0, 0.05) is 25.3 Å². The Balaban J connectivity index is 1.17. The maximum absolute atomic E-state index is 15.2. The molecule has 4 N–H and O–H groups in total. The van der Waals surface area contributed by atoms with Crippen molar-refractivity contribution in [1.29, 1.82) is 0 Å². The van der Waals surface area contributed by atoms with Crippen molar-refractivity contribution in [2.45, 2.75) is 49.8 Å². The van der Waals surface area contributed by atoms with E-state index in [9.17, 15) is 9.18 Å². The summed E-state index contributed by atoms with van der Waals surface area (Å²) in [5.74, 6) is -4.15. The highest BCUT2D eigenvalue weighted by Crippen LogP contribution is 2.75. The molecule has 6 rings (SSSR count). The molecule has 4 aliphatic rings. The van der Waals surface area contributed by atoms with Gasteiger partial charge in [-0.2, -0.15) is 11.1 Å². The van der Waals surface area contributed by atoms with Crippen LogP contribution < -0.4 is 21.9 Å². The molecule has 3 saturated heterocycles. The molecule has 0 aromatic heterocycles. The highest BCUT2D eigenvalue weighted by molar-refractivity contribution is 5.81. The van der Waals surface area contributed by atoms with Crippen LogP contribution in [0.1, 0.15) is 48.9 Å². The first-order valence-electron chi connectivity index (χ1n) is 12.1. The first-order chi connectivity index (χ1) is 16.9. The van der Waals surface area contributed by atoms with Crippen molar-refractivity contribution < 1.29 is 22.7 Å². The lowest BCUT2D eigenvalue weighted by Gasteiger charge is -2.34. The Kier molecular flexibility index (Phi) is 5.61. The maximum Gasteiger partial charge on any atom is 0.262 e. The molecule has 1 amide bonds.